The zero-order valence-corrected chi connectivity index (χ0v) is 27.7. The minimum atomic E-state index is 0.900. The summed E-state index contributed by atoms with van der Waals surface area (Å²) >= 11 is 0. The first-order chi connectivity index (χ1) is 25.3. The quantitative estimate of drug-likeness (QED) is 0.138. The fraction of sp³-hybridized carbons (Fsp3) is 0. The third-order valence-corrected chi connectivity index (χ3v) is 10.8. The molecule has 0 saturated carbocycles. The first-order valence-electron chi connectivity index (χ1n) is 17.6. The van der Waals surface area contributed by atoms with E-state index in [0.717, 1.165) is 21.9 Å². The SMILES string of the molecule is c1ccc(-c2ccc3oc4ccccc4c3c2-c2c3ccccc3c(-c3ccc4c5ccccc5c5ccccc5c4c3)c3ccccc23)cc1. The van der Waals surface area contributed by atoms with Crippen LogP contribution in [0.2, 0.25) is 0 Å². The maximum atomic E-state index is 6.53. The Morgan fingerprint density at radius 2 is 0.725 bits per heavy atom. The van der Waals surface area contributed by atoms with Crippen LogP contribution in [0.1, 0.15) is 0 Å². The Morgan fingerprint density at radius 1 is 0.255 bits per heavy atom. The number of benzene rings is 10. The van der Waals surface area contributed by atoms with E-state index in [0.29, 0.717) is 0 Å². The molecule has 0 atom stereocenters. The van der Waals surface area contributed by atoms with E-state index < -0.39 is 0 Å². The molecule has 1 heteroatoms. The number of hydrogen-bond acceptors (Lipinski definition) is 1. The van der Waals surface area contributed by atoms with Crippen molar-refractivity contribution >= 4 is 75.8 Å². The van der Waals surface area contributed by atoms with Crippen molar-refractivity contribution in [1.82, 2.24) is 0 Å². The summed E-state index contributed by atoms with van der Waals surface area (Å²) in [6.45, 7) is 0. The zero-order chi connectivity index (χ0) is 33.5. The summed E-state index contributed by atoms with van der Waals surface area (Å²) in [4.78, 5) is 0. The lowest BCUT2D eigenvalue weighted by Crippen LogP contribution is -1.94. The fourth-order valence-corrected chi connectivity index (χ4v) is 8.71. The van der Waals surface area contributed by atoms with E-state index in [-0.39, 0.29) is 0 Å². The van der Waals surface area contributed by atoms with Crippen LogP contribution in [-0.2, 0) is 0 Å². The molecule has 11 aromatic rings. The van der Waals surface area contributed by atoms with E-state index in [1.165, 1.54) is 87.2 Å². The Labute approximate surface area is 294 Å². The summed E-state index contributed by atoms with van der Waals surface area (Å²) in [5.74, 6) is 0. The Bertz CT molecular complexity index is 3090. The van der Waals surface area contributed by atoms with Gasteiger partial charge in [0.1, 0.15) is 11.2 Å². The Balaban J connectivity index is 1.30. The molecule has 0 N–H and O–H groups in total. The van der Waals surface area contributed by atoms with E-state index in [1.54, 1.807) is 0 Å². The van der Waals surface area contributed by atoms with Gasteiger partial charge in [0, 0.05) is 16.3 Å². The van der Waals surface area contributed by atoms with Crippen LogP contribution in [-0.4, -0.2) is 0 Å². The maximum Gasteiger partial charge on any atom is 0.136 e. The summed E-state index contributed by atoms with van der Waals surface area (Å²) in [6.07, 6.45) is 0. The van der Waals surface area contributed by atoms with Gasteiger partial charge in [0.15, 0.2) is 0 Å². The van der Waals surface area contributed by atoms with Crippen molar-refractivity contribution in [2.45, 2.75) is 0 Å². The molecule has 0 aliphatic carbocycles. The van der Waals surface area contributed by atoms with Gasteiger partial charge >= 0.3 is 0 Å². The molecule has 1 nitrogen and oxygen atoms in total. The average molecular weight is 647 g/mol. The molecule has 51 heavy (non-hydrogen) atoms. The highest BCUT2D eigenvalue weighted by Gasteiger charge is 2.23. The second-order valence-corrected chi connectivity index (χ2v) is 13.5. The Kier molecular flexibility index (Phi) is 6.02. The van der Waals surface area contributed by atoms with Crippen LogP contribution in [0, 0.1) is 0 Å². The molecule has 0 aliphatic rings. The molecule has 0 spiro atoms. The summed E-state index contributed by atoms with van der Waals surface area (Å²) in [7, 11) is 0. The van der Waals surface area contributed by atoms with Gasteiger partial charge < -0.3 is 4.42 Å². The summed E-state index contributed by atoms with van der Waals surface area (Å²) in [6, 6.07) is 66.3. The van der Waals surface area contributed by atoms with Crippen LogP contribution in [0.3, 0.4) is 0 Å². The van der Waals surface area contributed by atoms with Crippen LogP contribution >= 0.6 is 0 Å². The topological polar surface area (TPSA) is 13.1 Å². The van der Waals surface area contributed by atoms with Crippen molar-refractivity contribution in [1.29, 1.82) is 0 Å². The summed E-state index contributed by atoms with van der Waals surface area (Å²) in [5.41, 5.74) is 9.10. The van der Waals surface area contributed by atoms with Gasteiger partial charge in [0.2, 0.25) is 0 Å². The lowest BCUT2D eigenvalue weighted by atomic mass is 9.82. The van der Waals surface area contributed by atoms with E-state index in [4.69, 9.17) is 4.42 Å². The van der Waals surface area contributed by atoms with Crippen LogP contribution in [0.25, 0.3) is 109 Å². The minimum Gasteiger partial charge on any atom is -0.456 e. The van der Waals surface area contributed by atoms with E-state index in [1.807, 2.05) is 0 Å². The Morgan fingerprint density at radius 3 is 1.33 bits per heavy atom. The third kappa shape index (κ3) is 4.09. The van der Waals surface area contributed by atoms with Crippen molar-refractivity contribution < 1.29 is 4.42 Å². The molecule has 0 fully saturated rings. The molecule has 0 amide bonds. The molecule has 0 saturated heterocycles. The summed E-state index contributed by atoms with van der Waals surface area (Å²) in [5, 5.41) is 14.9. The largest absolute Gasteiger partial charge is 0.456 e. The summed E-state index contributed by atoms with van der Waals surface area (Å²) < 4.78 is 6.53. The van der Waals surface area contributed by atoms with Gasteiger partial charge in [0.05, 0.1) is 0 Å². The van der Waals surface area contributed by atoms with Gasteiger partial charge in [-0.3, -0.25) is 0 Å². The van der Waals surface area contributed by atoms with Crippen LogP contribution in [0.5, 0.6) is 0 Å². The molecule has 11 rings (SSSR count). The highest BCUT2D eigenvalue weighted by molar-refractivity contribution is 6.29. The van der Waals surface area contributed by atoms with Crippen LogP contribution in [0.4, 0.5) is 0 Å². The van der Waals surface area contributed by atoms with E-state index in [9.17, 15) is 0 Å². The molecule has 1 heterocycles. The second kappa shape index (κ2) is 10.9. The highest BCUT2D eigenvalue weighted by Crippen LogP contribution is 2.50. The van der Waals surface area contributed by atoms with Gasteiger partial charge in [-0.2, -0.15) is 0 Å². The molecule has 0 aliphatic heterocycles. The van der Waals surface area contributed by atoms with Crippen LogP contribution < -0.4 is 0 Å². The third-order valence-electron chi connectivity index (χ3n) is 10.8. The molecule has 236 valence electrons. The van der Waals surface area contributed by atoms with E-state index in [2.05, 4.69) is 182 Å². The lowest BCUT2D eigenvalue weighted by molar-refractivity contribution is 0.669. The first-order valence-corrected chi connectivity index (χ1v) is 17.6. The number of hydrogen-bond donors (Lipinski definition) is 0. The van der Waals surface area contributed by atoms with Gasteiger partial charge in [-0.25, -0.2) is 0 Å². The second-order valence-electron chi connectivity index (χ2n) is 13.5. The zero-order valence-electron chi connectivity index (χ0n) is 27.7. The minimum absolute atomic E-state index is 0.900. The van der Waals surface area contributed by atoms with Gasteiger partial charge in [-0.05, 0) is 99.9 Å². The molecule has 0 bridgehead atoms. The molecule has 10 aromatic carbocycles. The predicted octanol–water partition coefficient (Wildman–Crippen LogP) is 14.4. The van der Waals surface area contributed by atoms with Gasteiger partial charge in [-0.1, -0.05) is 164 Å². The van der Waals surface area contributed by atoms with Crippen molar-refractivity contribution in [3.8, 4) is 33.4 Å². The Hall–Kier alpha value is -6.70. The normalized spacial score (nSPS) is 11.9. The standard InChI is InChI=1S/C50H30O/c1-2-14-31(15-3-1)33-28-29-46-49(43-24-12-13-25-45(43)51-46)50(33)48-41-22-10-8-20-39(41)47(40-21-9-11-23-42(40)48)32-26-27-38-36-18-5-4-16-34(36)35-17-6-7-19-37(35)44(38)30-32/h1-30H. The van der Waals surface area contributed by atoms with Crippen molar-refractivity contribution in [2.24, 2.45) is 0 Å². The fourth-order valence-electron chi connectivity index (χ4n) is 8.71. The average Bonchev–Trinajstić information content (AvgIpc) is 3.59. The first kappa shape index (κ1) is 28.2. The van der Waals surface area contributed by atoms with Gasteiger partial charge in [-0.15, -0.1) is 0 Å². The smallest absolute Gasteiger partial charge is 0.136 e. The van der Waals surface area contributed by atoms with Crippen molar-refractivity contribution in [2.75, 3.05) is 0 Å². The molecular formula is C50H30O. The number of para-hydroxylation sites is 1. The van der Waals surface area contributed by atoms with E-state index >= 15 is 0 Å². The molecule has 0 radical (unpaired) electrons. The highest BCUT2D eigenvalue weighted by atomic mass is 16.3. The number of rotatable bonds is 3. The molecule has 1 aromatic heterocycles. The lowest BCUT2D eigenvalue weighted by Gasteiger charge is -2.21. The number of furan rings is 1. The molecule has 0 unspecified atom stereocenters. The number of fused-ring (bicyclic) bond motifs is 11. The van der Waals surface area contributed by atoms with Crippen LogP contribution in [0.15, 0.2) is 186 Å². The molecular weight excluding hydrogens is 617 g/mol. The van der Waals surface area contributed by atoms with Crippen molar-refractivity contribution in [3.63, 3.8) is 0 Å². The predicted molar refractivity (Wildman–Crippen MR) is 218 cm³/mol. The maximum absolute atomic E-state index is 6.53. The monoisotopic (exact) mass is 646 g/mol. The van der Waals surface area contributed by atoms with Gasteiger partial charge in [0.25, 0.3) is 0 Å². The van der Waals surface area contributed by atoms with Crippen molar-refractivity contribution in [3.05, 3.63) is 182 Å².